The van der Waals surface area contributed by atoms with Gasteiger partial charge in [0.2, 0.25) is 0 Å². The van der Waals surface area contributed by atoms with Gasteiger partial charge in [0.1, 0.15) is 0 Å². The van der Waals surface area contributed by atoms with Crippen LogP contribution in [-0.2, 0) is 0 Å². The van der Waals surface area contributed by atoms with Gasteiger partial charge in [-0.15, -0.1) is 0 Å². The predicted molar refractivity (Wildman–Crippen MR) is 114 cm³/mol. The van der Waals surface area contributed by atoms with Crippen LogP contribution in [0.5, 0.6) is 0 Å². The fraction of sp³-hybridized carbons (Fsp3) is 1.00. The van der Waals surface area contributed by atoms with Gasteiger partial charge in [-0.05, 0) is 94.7 Å². The summed E-state index contributed by atoms with van der Waals surface area (Å²) in [7, 11) is 4.63. The van der Waals surface area contributed by atoms with Crippen LogP contribution in [0, 0.1) is 22.7 Å². The van der Waals surface area contributed by atoms with Crippen molar-refractivity contribution in [2.24, 2.45) is 22.7 Å². The highest BCUT2D eigenvalue weighted by Gasteiger charge is 2.47. The van der Waals surface area contributed by atoms with Crippen molar-refractivity contribution >= 4 is 0 Å². The second-order valence-electron chi connectivity index (χ2n) is 11.2. The molecule has 0 aromatic heterocycles. The maximum Gasteiger partial charge on any atom is 0.0120 e. The summed E-state index contributed by atoms with van der Waals surface area (Å²) < 4.78 is 0. The summed E-state index contributed by atoms with van der Waals surface area (Å²) in [5, 5.41) is 0. The van der Waals surface area contributed by atoms with Crippen LogP contribution in [0.4, 0.5) is 0 Å². The maximum atomic E-state index is 2.64. The van der Waals surface area contributed by atoms with Crippen LogP contribution in [-0.4, -0.2) is 49.1 Å². The van der Waals surface area contributed by atoms with E-state index in [1.165, 1.54) is 77.3 Å². The molecule has 0 amide bonds. The van der Waals surface area contributed by atoms with Crippen molar-refractivity contribution in [2.75, 3.05) is 27.2 Å². The SMILES string of the molecule is CC(C)C1CC2(CCN1C)CC2.CC(C)C1CCC2(CCCC2)CN1C. The van der Waals surface area contributed by atoms with Crippen LogP contribution < -0.4 is 0 Å². The van der Waals surface area contributed by atoms with E-state index in [0.29, 0.717) is 0 Å². The number of likely N-dealkylation sites (tertiary alicyclic amines) is 2. The van der Waals surface area contributed by atoms with Crippen molar-refractivity contribution in [3.8, 4) is 0 Å². The van der Waals surface area contributed by atoms with Crippen LogP contribution in [0.2, 0.25) is 0 Å². The van der Waals surface area contributed by atoms with E-state index in [1.54, 1.807) is 0 Å². The molecular weight excluding hydrogens is 316 g/mol. The Bertz CT molecular complexity index is 445. The average molecular weight is 363 g/mol. The van der Waals surface area contributed by atoms with Gasteiger partial charge < -0.3 is 9.80 Å². The average Bonchev–Trinajstić information content (AvgIpc) is 3.19. The number of nitrogens with zero attached hydrogens (tertiary/aromatic N) is 2. The molecule has 2 heteroatoms. The number of hydrogen-bond acceptors (Lipinski definition) is 2. The lowest BCUT2D eigenvalue weighted by Gasteiger charge is -2.45. The molecule has 0 aromatic rings. The lowest BCUT2D eigenvalue weighted by atomic mass is 9.75. The number of hydrogen-bond donors (Lipinski definition) is 0. The summed E-state index contributed by atoms with van der Waals surface area (Å²) in [6, 6.07) is 1.71. The number of rotatable bonds is 2. The Labute approximate surface area is 164 Å². The van der Waals surface area contributed by atoms with E-state index in [9.17, 15) is 0 Å². The zero-order chi connectivity index (χ0) is 18.9. The molecule has 2 heterocycles. The van der Waals surface area contributed by atoms with Crippen LogP contribution >= 0.6 is 0 Å². The smallest absolute Gasteiger partial charge is 0.0120 e. The van der Waals surface area contributed by atoms with Crippen molar-refractivity contribution in [1.29, 1.82) is 0 Å². The van der Waals surface area contributed by atoms with Gasteiger partial charge in [-0.1, -0.05) is 40.5 Å². The van der Waals surface area contributed by atoms with Crippen LogP contribution in [0.1, 0.15) is 91.9 Å². The Balaban J connectivity index is 0.000000152. The zero-order valence-electron chi connectivity index (χ0n) is 18.7. The van der Waals surface area contributed by atoms with Crippen molar-refractivity contribution in [1.82, 2.24) is 9.80 Å². The standard InChI is InChI=1S/C13H25N.C11H21N/c1-11(2)12-6-9-13(10-14(12)3)7-4-5-8-13;1-9(2)10-8-11(4-5-11)6-7-12(10)3/h11-12H,4-10H2,1-3H3;9-10H,4-8H2,1-3H3. The molecule has 2 atom stereocenters. The van der Waals surface area contributed by atoms with Gasteiger partial charge in [-0.3, -0.25) is 0 Å². The van der Waals surface area contributed by atoms with E-state index in [1.807, 2.05) is 0 Å². The second kappa shape index (κ2) is 8.11. The molecule has 0 aromatic carbocycles. The Kier molecular flexibility index (Phi) is 6.44. The molecule has 2 saturated carbocycles. The van der Waals surface area contributed by atoms with Crippen molar-refractivity contribution in [2.45, 2.75) is 104 Å². The molecule has 4 aliphatic rings. The molecule has 26 heavy (non-hydrogen) atoms. The fourth-order valence-corrected chi connectivity index (χ4v) is 6.43. The molecule has 2 saturated heterocycles. The summed E-state index contributed by atoms with van der Waals surface area (Å²) in [4.78, 5) is 5.20. The van der Waals surface area contributed by atoms with Gasteiger partial charge in [-0.25, -0.2) is 0 Å². The van der Waals surface area contributed by atoms with Crippen molar-refractivity contribution < 1.29 is 0 Å². The van der Waals surface area contributed by atoms with Gasteiger partial charge in [0.15, 0.2) is 0 Å². The first-order valence-corrected chi connectivity index (χ1v) is 11.7. The molecule has 4 fully saturated rings. The maximum absolute atomic E-state index is 2.64. The molecule has 2 unspecified atom stereocenters. The Morgan fingerprint density at radius 1 is 0.692 bits per heavy atom. The number of piperidine rings is 2. The van der Waals surface area contributed by atoms with Crippen molar-refractivity contribution in [3.63, 3.8) is 0 Å². The first-order valence-electron chi connectivity index (χ1n) is 11.7. The topological polar surface area (TPSA) is 6.48 Å². The molecule has 2 nitrogen and oxygen atoms in total. The molecule has 4 rings (SSSR count). The Morgan fingerprint density at radius 3 is 1.81 bits per heavy atom. The van der Waals surface area contributed by atoms with E-state index < -0.39 is 0 Å². The lowest BCUT2D eigenvalue weighted by molar-refractivity contribution is 0.0450. The summed E-state index contributed by atoms with van der Waals surface area (Å²) in [6.45, 7) is 12.2. The van der Waals surface area contributed by atoms with E-state index in [0.717, 1.165) is 34.7 Å². The largest absolute Gasteiger partial charge is 0.303 e. The van der Waals surface area contributed by atoms with Gasteiger partial charge >= 0.3 is 0 Å². The molecular formula is C24H46N2. The minimum Gasteiger partial charge on any atom is -0.303 e. The third kappa shape index (κ3) is 4.66. The molecule has 152 valence electrons. The quantitative estimate of drug-likeness (QED) is 0.611. The Hall–Kier alpha value is -0.0800. The van der Waals surface area contributed by atoms with Crippen LogP contribution in [0.3, 0.4) is 0 Å². The zero-order valence-corrected chi connectivity index (χ0v) is 18.7. The first kappa shape index (κ1) is 20.6. The van der Waals surface area contributed by atoms with E-state index in [2.05, 4.69) is 51.6 Å². The molecule has 0 N–H and O–H groups in total. The molecule has 0 radical (unpaired) electrons. The highest BCUT2D eigenvalue weighted by Crippen LogP contribution is 2.55. The molecule has 2 spiro atoms. The van der Waals surface area contributed by atoms with Crippen molar-refractivity contribution in [3.05, 3.63) is 0 Å². The third-order valence-corrected chi connectivity index (χ3v) is 8.48. The van der Waals surface area contributed by atoms with Gasteiger partial charge in [0.25, 0.3) is 0 Å². The molecule has 0 bridgehead atoms. The van der Waals surface area contributed by atoms with Gasteiger partial charge in [-0.2, -0.15) is 0 Å². The predicted octanol–water partition coefficient (Wildman–Crippen LogP) is 5.81. The summed E-state index contributed by atoms with van der Waals surface area (Å²) >= 11 is 0. The Morgan fingerprint density at radius 2 is 1.31 bits per heavy atom. The third-order valence-electron chi connectivity index (χ3n) is 8.48. The lowest BCUT2D eigenvalue weighted by Crippen LogP contribution is -2.47. The van der Waals surface area contributed by atoms with Crippen LogP contribution in [0.25, 0.3) is 0 Å². The minimum atomic E-state index is 0.736. The fourth-order valence-electron chi connectivity index (χ4n) is 6.43. The summed E-state index contributed by atoms with van der Waals surface area (Å²) in [6.07, 6.45) is 14.9. The van der Waals surface area contributed by atoms with E-state index in [4.69, 9.17) is 0 Å². The minimum absolute atomic E-state index is 0.736. The monoisotopic (exact) mass is 362 g/mol. The first-order chi connectivity index (χ1) is 12.3. The molecule has 2 aliphatic carbocycles. The highest BCUT2D eigenvalue weighted by molar-refractivity contribution is 5.00. The summed E-state index contributed by atoms with van der Waals surface area (Å²) in [5.74, 6) is 1.67. The highest BCUT2D eigenvalue weighted by atomic mass is 15.2. The van der Waals surface area contributed by atoms with E-state index in [-0.39, 0.29) is 0 Å². The van der Waals surface area contributed by atoms with Crippen LogP contribution in [0.15, 0.2) is 0 Å². The van der Waals surface area contributed by atoms with E-state index >= 15 is 0 Å². The second-order valence-corrected chi connectivity index (χ2v) is 11.2. The van der Waals surface area contributed by atoms with Gasteiger partial charge in [0, 0.05) is 18.6 Å². The normalized spacial score (nSPS) is 33.7. The van der Waals surface area contributed by atoms with Gasteiger partial charge in [0.05, 0.1) is 0 Å². The summed E-state index contributed by atoms with van der Waals surface area (Å²) in [5.41, 5.74) is 1.56. The molecule has 2 aliphatic heterocycles.